The summed E-state index contributed by atoms with van der Waals surface area (Å²) in [5.74, 6) is -3.72. The maximum absolute atomic E-state index is 13.6. The summed E-state index contributed by atoms with van der Waals surface area (Å²) in [6, 6.07) is 1.76. The zero-order valence-electron chi connectivity index (χ0n) is 10.2. The fourth-order valence-corrected chi connectivity index (χ4v) is 1.59. The standard InChI is InChI=1S/C13H16F3N/c1-4-17-11(7-8(2)3)9-5-6-10(14)13(16)12(9)15/h5-7,11,17H,4H2,1-3H3. The van der Waals surface area contributed by atoms with Gasteiger partial charge in [-0.05, 0) is 26.5 Å². The van der Waals surface area contributed by atoms with Crippen molar-refractivity contribution in [3.05, 3.63) is 46.8 Å². The fourth-order valence-electron chi connectivity index (χ4n) is 1.59. The zero-order chi connectivity index (χ0) is 13.0. The number of allylic oxidation sites excluding steroid dienone is 1. The molecule has 1 rings (SSSR count). The quantitative estimate of drug-likeness (QED) is 0.627. The molecule has 0 bridgehead atoms. The van der Waals surface area contributed by atoms with Gasteiger partial charge in [-0.3, -0.25) is 0 Å². The molecule has 0 radical (unpaired) electrons. The number of hydrogen-bond donors (Lipinski definition) is 1. The molecule has 1 N–H and O–H groups in total. The second-order valence-corrected chi connectivity index (χ2v) is 4.04. The third kappa shape index (κ3) is 3.33. The Labute approximate surface area is 99.3 Å². The largest absolute Gasteiger partial charge is 0.307 e. The number of hydrogen-bond acceptors (Lipinski definition) is 1. The van der Waals surface area contributed by atoms with Crippen molar-refractivity contribution in [2.45, 2.75) is 26.8 Å². The number of halogens is 3. The summed E-state index contributed by atoms with van der Waals surface area (Å²) < 4.78 is 39.6. The van der Waals surface area contributed by atoms with Gasteiger partial charge in [-0.25, -0.2) is 13.2 Å². The van der Waals surface area contributed by atoms with E-state index < -0.39 is 23.5 Å². The molecule has 94 valence electrons. The molecule has 1 unspecified atom stereocenters. The number of benzene rings is 1. The highest BCUT2D eigenvalue weighted by Crippen LogP contribution is 2.23. The van der Waals surface area contributed by atoms with Crippen LogP contribution in [0, 0.1) is 17.5 Å². The van der Waals surface area contributed by atoms with Crippen LogP contribution >= 0.6 is 0 Å². The topological polar surface area (TPSA) is 12.0 Å². The highest BCUT2D eigenvalue weighted by atomic mass is 19.2. The van der Waals surface area contributed by atoms with E-state index in [2.05, 4.69) is 5.32 Å². The van der Waals surface area contributed by atoms with Crippen LogP contribution in [0.5, 0.6) is 0 Å². The van der Waals surface area contributed by atoms with Gasteiger partial charge in [-0.1, -0.05) is 24.6 Å². The monoisotopic (exact) mass is 243 g/mol. The van der Waals surface area contributed by atoms with E-state index in [0.29, 0.717) is 6.54 Å². The first-order chi connectivity index (χ1) is 7.97. The van der Waals surface area contributed by atoms with Crippen molar-refractivity contribution in [2.24, 2.45) is 0 Å². The van der Waals surface area contributed by atoms with E-state index in [1.807, 2.05) is 20.8 Å². The van der Waals surface area contributed by atoms with Crippen LogP contribution in [0.25, 0.3) is 0 Å². The van der Waals surface area contributed by atoms with Crippen molar-refractivity contribution in [2.75, 3.05) is 6.54 Å². The molecule has 0 heterocycles. The third-order valence-electron chi connectivity index (χ3n) is 2.32. The van der Waals surface area contributed by atoms with Crippen LogP contribution in [-0.2, 0) is 0 Å². The first kappa shape index (κ1) is 13.8. The lowest BCUT2D eigenvalue weighted by molar-refractivity contribution is 0.434. The molecule has 1 atom stereocenters. The Bertz CT molecular complexity index is 423. The maximum Gasteiger partial charge on any atom is 0.194 e. The molecule has 0 amide bonds. The summed E-state index contributed by atoms with van der Waals surface area (Å²) in [5, 5.41) is 3.01. The molecule has 17 heavy (non-hydrogen) atoms. The molecule has 0 saturated carbocycles. The molecule has 1 nitrogen and oxygen atoms in total. The van der Waals surface area contributed by atoms with Gasteiger partial charge in [0.15, 0.2) is 17.5 Å². The Morgan fingerprint density at radius 1 is 1.24 bits per heavy atom. The van der Waals surface area contributed by atoms with Crippen LogP contribution in [0.1, 0.15) is 32.4 Å². The maximum atomic E-state index is 13.6. The molecule has 4 heteroatoms. The predicted octanol–water partition coefficient (Wildman–Crippen LogP) is 3.72. The summed E-state index contributed by atoms with van der Waals surface area (Å²) >= 11 is 0. The molecular formula is C13H16F3N. The van der Waals surface area contributed by atoms with Crippen LogP contribution < -0.4 is 5.32 Å². The van der Waals surface area contributed by atoms with Gasteiger partial charge in [-0.2, -0.15) is 0 Å². The molecule has 0 fully saturated rings. The number of likely N-dealkylation sites (N-methyl/N-ethyl adjacent to an activating group) is 1. The van der Waals surface area contributed by atoms with Crippen LogP contribution in [-0.4, -0.2) is 6.54 Å². The first-order valence-corrected chi connectivity index (χ1v) is 5.49. The minimum Gasteiger partial charge on any atom is -0.307 e. The first-order valence-electron chi connectivity index (χ1n) is 5.49. The third-order valence-corrected chi connectivity index (χ3v) is 2.32. The molecular weight excluding hydrogens is 227 g/mol. The van der Waals surface area contributed by atoms with E-state index in [4.69, 9.17) is 0 Å². The average Bonchev–Trinajstić information content (AvgIpc) is 2.25. The van der Waals surface area contributed by atoms with Crippen molar-refractivity contribution in [3.8, 4) is 0 Å². The van der Waals surface area contributed by atoms with Crippen molar-refractivity contribution >= 4 is 0 Å². The average molecular weight is 243 g/mol. The predicted molar refractivity (Wildman–Crippen MR) is 62.2 cm³/mol. The number of rotatable bonds is 4. The van der Waals surface area contributed by atoms with Gasteiger partial charge < -0.3 is 5.32 Å². The van der Waals surface area contributed by atoms with Crippen LogP contribution in [0.2, 0.25) is 0 Å². The second-order valence-electron chi connectivity index (χ2n) is 4.04. The summed E-state index contributed by atoms with van der Waals surface area (Å²) in [6.07, 6.45) is 1.78. The molecule has 0 saturated heterocycles. The van der Waals surface area contributed by atoms with Crippen molar-refractivity contribution in [1.29, 1.82) is 0 Å². The van der Waals surface area contributed by atoms with Gasteiger partial charge in [0, 0.05) is 5.56 Å². The summed E-state index contributed by atoms with van der Waals surface area (Å²) in [7, 11) is 0. The van der Waals surface area contributed by atoms with Crippen LogP contribution in [0.3, 0.4) is 0 Å². The van der Waals surface area contributed by atoms with Gasteiger partial charge in [-0.15, -0.1) is 0 Å². The summed E-state index contributed by atoms with van der Waals surface area (Å²) in [6.45, 7) is 6.20. The Morgan fingerprint density at radius 2 is 1.88 bits per heavy atom. The summed E-state index contributed by atoms with van der Waals surface area (Å²) in [4.78, 5) is 0. The lowest BCUT2D eigenvalue weighted by atomic mass is 10.0. The van der Waals surface area contributed by atoms with E-state index in [0.717, 1.165) is 11.6 Å². The van der Waals surface area contributed by atoms with E-state index in [9.17, 15) is 13.2 Å². The molecule has 0 spiro atoms. The minimum atomic E-state index is -1.42. The summed E-state index contributed by atoms with van der Waals surface area (Å²) in [5.41, 5.74) is 1.09. The van der Waals surface area contributed by atoms with Gasteiger partial charge >= 0.3 is 0 Å². The molecule has 0 aliphatic rings. The smallest absolute Gasteiger partial charge is 0.194 e. The van der Waals surface area contributed by atoms with E-state index >= 15 is 0 Å². The van der Waals surface area contributed by atoms with Gasteiger partial charge in [0.25, 0.3) is 0 Å². The molecule has 0 aliphatic carbocycles. The van der Waals surface area contributed by atoms with Gasteiger partial charge in [0.2, 0.25) is 0 Å². The van der Waals surface area contributed by atoms with Crippen molar-refractivity contribution in [1.82, 2.24) is 5.32 Å². The Kier molecular flexibility index (Phi) is 4.75. The lowest BCUT2D eigenvalue weighted by Crippen LogP contribution is -2.21. The highest BCUT2D eigenvalue weighted by Gasteiger charge is 2.18. The molecule has 0 aromatic heterocycles. The van der Waals surface area contributed by atoms with E-state index in [1.54, 1.807) is 6.08 Å². The number of nitrogens with one attached hydrogen (secondary N) is 1. The Morgan fingerprint density at radius 3 is 2.41 bits per heavy atom. The minimum absolute atomic E-state index is 0.118. The SMILES string of the molecule is CCNC(C=C(C)C)c1ccc(F)c(F)c1F. The molecule has 1 aromatic carbocycles. The molecule has 0 aliphatic heterocycles. The molecule has 1 aromatic rings. The highest BCUT2D eigenvalue weighted by molar-refractivity contribution is 5.27. The van der Waals surface area contributed by atoms with E-state index in [1.165, 1.54) is 6.07 Å². The second kappa shape index (κ2) is 5.87. The van der Waals surface area contributed by atoms with Gasteiger partial charge in [0.1, 0.15) is 0 Å². The van der Waals surface area contributed by atoms with Crippen LogP contribution in [0.15, 0.2) is 23.8 Å². The van der Waals surface area contributed by atoms with Crippen LogP contribution in [0.4, 0.5) is 13.2 Å². The Hall–Kier alpha value is -1.29. The fraction of sp³-hybridized carbons (Fsp3) is 0.385. The van der Waals surface area contributed by atoms with Crippen molar-refractivity contribution in [3.63, 3.8) is 0 Å². The van der Waals surface area contributed by atoms with E-state index in [-0.39, 0.29) is 5.56 Å². The van der Waals surface area contributed by atoms with Crippen molar-refractivity contribution < 1.29 is 13.2 Å². The van der Waals surface area contributed by atoms with Gasteiger partial charge in [0.05, 0.1) is 6.04 Å². The zero-order valence-corrected chi connectivity index (χ0v) is 10.2. The lowest BCUT2D eigenvalue weighted by Gasteiger charge is -2.16. The normalized spacial score (nSPS) is 12.4. The Balaban J connectivity index is 3.19.